The molecule has 2 saturated heterocycles. The van der Waals surface area contributed by atoms with Crippen LogP contribution in [0.5, 0.6) is 23.0 Å². The van der Waals surface area contributed by atoms with E-state index in [2.05, 4.69) is 39.0 Å². The maximum atomic E-state index is 6.01. The average molecular weight is 484 g/mol. The molecule has 0 aliphatic carbocycles. The molecular formula is C27H37N3O5. The van der Waals surface area contributed by atoms with E-state index in [1.807, 2.05) is 12.1 Å². The van der Waals surface area contributed by atoms with Crippen LogP contribution in [0, 0.1) is 0 Å². The van der Waals surface area contributed by atoms with Gasteiger partial charge in [-0.3, -0.25) is 9.80 Å². The zero-order valence-electron chi connectivity index (χ0n) is 20.7. The van der Waals surface area contributed by atoms with Crippen molar-refractivity contribution < 1.29 is 23.7 Å². The minimum atomic E-state index is 0.573. The van der Waals surface area contributed by atoms with Gasteiger partial charge in [0.25, 0.3) is 0 Å². The van der Waals surface area contributed by atoms with Gasteiger partial charge in [-0.1, -0.05) is 12.1 Å². The molecule has 0 radical (unpaired) electrons. The summed E-state index contributed by atoms with van der Waals surface area (Å²) >= 11 is 0. The second kappa shape index (κ2) is 11.8. The lowest BCUT2D eigenvalue weighted by Crippen LogP contribution is -2.47. The van der Waals surface area contributed by atoms with Crippen molar-refractivity contribution in [2.24, 2.45) is 0 Å². The summed E-state index contributed by atoms with van der Waals surface area (Å²) in [5.74, 6) is 3.41. The minimum absolute atomic E-state index is 0.573. The fourth-order valence-electron chi connectivity index (χ4n) is 4.93. The highest BCUT2D eigenvalue weighted by Gasteiger charge is 2.27. The molecule has 2 fully saturated rings. The second-order valence-corrected chi connectivity index (χ2v) is 9.20. The summed E-state index contributed by atoms with van der Waals surface area (Å²) in [5, 5.41) is 0. The van der Waals surface area contributed by atoms with Gasteiger partial charge in [-0.15, -0.1) is 0 Å². The topological polar surface area (TPSA) is 55.9 Å². The molecule has 2 aromatic carbocycles. The van der Waals surface area contributed by atoms with Gasteiger partial charge in [-0.25, -0.2) is 0 Å². The first kappa shape index (κ1) is 24.0. The van der Waals surface area contributed by atoms with Gasteiger partial charge in [0.1, 0.15) is 30.4 Å². The van der Waals surface area contributed by atoms with Gasteiger partial charge in [0, 0.05) is 52.4 Å². The van der Waals surface area contributed by atoms with Crippen LogP contribution in [0.2, 0.25) is 0 Å². The molecule has 0 atom stereocenters. The van der Waals surface area contributed by atoms with E-state index >= 15 is 0 Å². The Bertz CT molecular complexity index is 941. The van der Waals surface area contributed by atoms with Gasteiger partial charge in [0.2, 0.25) is 0 Å². The normalized spacial score (nSPS) is 18.9. The quantitative estimate of drug-likeness (QED) is 0.505. The molecular weight excluding hydrogens is 446 g/mol. The van der Waals surface area contributed by atoms with Gasteiger partial charge in [-0.05, 0) is 36.2 Å². The average Bonchev–Trinajstić information content (AvgIpc) is 2.92. The number of ether oxygens (including phenoxy) is 5. The Morgan fingerprint density at radius 2 is 1.57 bits per heavy atom. The molecule has 0 aromatic heterocycles. The molecule has 0 saturated carbocycles. The molecule has 5 rings (SSSR count). The molecule has 0 bridgehead atoms. The van der Waals surface area contributed by atoms with Gasteiger partial charge >= 0.3 is 0 Å². The molecule has 3 aliphatic rings. The van der Waals surface area contributed by atoms with Crippen LogP contribution >= 0.6 is 0 Å². The number of hydrogen-bond donors (Lipinski definition) is 0. The lowest BCUT2D eigenvalue weighted by molar-refractivity contribution is 0.0342. The summed E-state index contributed by atoms with van der Waals surface area (Å²) in [5.41, 5.74) is 2.34. The number of nitrogens with zero attached hydrogens (tertiary/aromatic N) is 3. The molecule has 8 heteroatoms. The first-order valence-corrected chi connectivity index (χ1v) is 12.8. The van der Waals surface area contributed by atoms with Crippen LogP contribution < -0.4 is 23.8 Å². The van der Waals surface area contributed by atoms with Crippen LogP contribution in [-0.2, 0) is 11.3 Å². The molecule has 2 aromatic rings. The highest BCUT2D eigenvalue weighted by Crippen LogP contribution is 2.46. The van der Waals surface area contributed by atoms with E-state index in [1.165, 1.54) is 5.56 Å². The summed E-state index contributed by atoms with van der Waals surface area (Å²) in [4.78, 5) is 7.30. The summed E-state index contributed by atoms with van der Waals surface area (Å²) in [7, 11) is 1.71. The largest absolute Gasteiger partial charge is 0.494 e. The standard InChI is InChI=1S/C27H37N3O5/c1-31-24-7-8-25-27(35-20-19-34-25)26(24)30-12-10-28(11-13-30)9-2-16-33-23-5-3-22(4-6-23)21-29-14-17-32-18-15-29/h3-8H,2,9-21H2,1H3. The van der Waals surface area contributed by atoms with Crippen LogP contribution in [0.1, 0.15) is 12.0 Å². The Morgan fingerprint density at radius 1 is 0.800 bits per heavy atom. The second-order valence-electron chi connectivity index (χ2n) is 9.20. The Morgan fingerprint density at radius 3 is 2.34 bits per heavy atom. The van der Waals surface area contributed by atoms with Crippen LogP contribution in [0.3, 0.4) is 0 Å². The Balaban J connectivity index is 1.04. The molecule has 0 unspecified atom stereocenters. The number of benzene rings is 2. The lowest BCUT2D eigenvalue weighted by atomic mass is 10.2. The lowest BCUT2D eigenvalue weighted by Gasteiger charge is -2.38. The summed E-state index contributed by atoms with van der Waals surface area (Å²) < 4.78 is 28.8. The number of methoxy groups -OCH3 is 1. The molecule has 0 amide bonds. The van der Waals surface area contributed by atoms with Crippen molar-refractivity contribution in [1.29, 1.82) is 0 Å². The SMILES string of the molecule is COc1ccc2c(c1N1CCN(CCCOc3ccc(CN4CCOCC4)cc3)CC1)OCCO2. The van der Waals surface area contributed by atoms with E-state index in [-0.39, 0.29) is 0 Å². The number of hydrogen-bond acceptors (Lipinski definition) is 8. The van der Waals surface area contributed by atoms with E-state index in [0.29, 0.717) is 13.2 Å². The Labute approximate surface area is 208 Å². The van der Waals surface area contributed by atoms with Gasteiger partial charge < -0.3 is 28.6 Å². The third-order valence-electron chi connectivity index (χ3n) is 6.87. The smallest absolute Gasteiger partial charge is 0.188 e. The summed E-state index contributed by atoms with van der Waals surface area (Å²) in [6.07, 6.45) is 1.01. The van der Waals surface area contributed by atoms with Crippen LogP contribution in [0.15, 0.2) is 36.4 Å². The van der Waals surface area contributed by atoms with E-state index in [0.717, 1.165) is 107 Å². The van der Waals surface area contributed by atoms with Gasteiger partial charge in [0.05, 0.1) is 26.9 Å². The predicted octanol–water partition coefficient (Wildman–Crippen LogP) is 2.89. The first-order chi connectivity index (χ1) is 17.3. The van der Waals surface area contributed by atoms with Crippen molar-refractivity contribution >= 4 is 5.69 Å². The fourth-order valence-corrected chi connectivity index (χ4v) is 4.93. The maximum Gasteiger partial charge on any atom is 0.188 e. The van der Waals surface area contributed by atoms with Gasteiger partial charge in [-0.2, -0.15) is 0 Å². The molecule has 35 heavy (non-hydrogen) atoms. The number of morpholine rings is 1. The molecule has 3 heterocycles. The number of anilines is 1. The van der Waals surface area contributed by atoms with Crippen molar-refractivity contribution in [3.8, 4) is 23.0 Å². The van der Waals surface area contributed by atoms with Crippen molar-refractivity contribution in [2.45, 2.75) is 13.0 Å². The zero-order valence-corrected chi connectivity index (χ0v) is 20.7. The zero-order chi connectivity index (χ0) is 23.9. The van der Waals surface area contributed by atoms with Crippen LogP contribution in [0.4, 0.5) is 5.69 Å². The first-order valence-electron chi connectivity index (χ1n) is 12.8. The van der Waals surface area contributed by atoms with E-state index in [1.54, 1.807) is 7.11 Å². The highest BCUT2D eigenvalue weighted by atomic mass is 16.6. The summed E-state index contributed by atoms with van der Waals surface area (Å²) in [6, 6.07) is 12.4. The van der Waals surface area contributed by atoms with Crippen molar-refractivity contribution in [2.75, 3.05) is 90.9 Å². The fraction of sp³-hybridized carbons (Fsp3) is 0.556. The van der Waals surface area contributed by atoms with Crippen molar-refractivity contribution in [1.82, 2.24) is 9.80 Å². The van der Waals surface area contributed by atoms with Crippen LogP contribution in [-0.4, -0.2) is 95.8 Å². The van der Waals surface area contributed by atoms with E-state index in [4.69, 9.17) is 23.7 Å². The van der Waals surface area contributed by atoms with Gasteiger partial charge in [0.15, 0.2) is 11.5 Å². The third kappa shape index (κ3) is 6.12. The number of rotatable bonds is 9. The molecule has 190 valence electrons. The van der Waals surface area contributed by atoms with E-state index in [9.17, 15) is 0 Å². The minimum Gasteiger partial charge on any atom is -0.494 e. The number of piperazine rings is 1. The van der Waals surface area contributed by atoms with E-state index < -0.39 is 0 Å². The molecule has 8 nitrogen and oxygen atoms in total. The molecule has 3 aliphatic heterocycles. The Hall–Kier alpha value is -2.68. The Kier molecular flexibility index (Phi) is 8.13. The third-order valence-corrected chi connectivity index (χ3v) is 6.87. The van der Waals surface area contributed by atoms with Crippen LogP contribution in [0.25, 0.3) is 0 Å². The predicted molar refractivity (Wildman–Crippen MR) is 135 cm³/mol. The molecule has 0 spiro atoms. The number of fused-ring (bicyclic) bond motifs is 1. The summed E-state index contributed by atoms with van der Waals surface area (Å²) in [6.45, 7) is 11.5. The van der Waals surface area contributed by atoms with Crippen molar-refractivity contribution in [3.63, 3.8) is 0 Å². The monoisotopic (exact) mass is 483 g/mol. The van der Waals surface area contributed by atoms with Crippen molar-refractivity contribution in [3.05, 3.63) is 42.0 Å². The maximum absolute atomic E-state index is 6.01. The highest BCUT2D eigenvalue weighted by molar-refractivity contribution is 5.73. The molecule has 0 N–H and O–H groups in total.